The summed E-state index contributed by atoms with van der Waals surface area (Å²) in [6.45, 7) is 11.4. The van der Waals surface area contributed by atoms with Crippen molar-refractivity contribution in [3.63, 3.8) is 0 Å². The standard InChI is InChI=1S/C21H29N5S/c1-14-5-7-18(8-6-14)11-22-21(27)25-20-23-17(4)10-19(24-20)26-12-15(2)9-16(3)13-26/h5-8,10,15-16H,9,11-13H2,1-4H3,(H2,22,23,24,25,27)/t15-,16+. The largest absolute Gasteiger partial charge is 0.358 e. The van der Waals surface area contributed by atoms with Gasteiger partial charge in [0.25, 0.3) is 0 Å². The third-order valence-corrected chi connectivity index (χ3v) is 5.08. The molecule has 0 radical (unpaired) electrons. The molecular weight excluding hydrogens is 354 g/mol. The molecule has 3 rings (SSSR count). The molecule has 1 aliphatic heterocycles. The zero-order valence-electron chi connectivity index (χ0n) is 16.6. The molecular formula is C21H29N5S. The fraction of sp³-hybridized carbons (Fsp3) is 0.476. The average Bonchev–Trinajstić information content (AvgIpc) is 2.60. The highest BCUT2D eigenvalue weighted by Crippen LogP contribution is 2.25. The van der Waals surface area contributed by atoms with Crippen molar-refractivity contribution in [2.75, 3.05) is 23.3 Å². The van der Waals surface area contributed by atoms with Gasteiger partial charge in [-0.25, -0.2) is 4.98 Å². The zero-order valence-corrected chi connectivity index (χ0v) is 17.4. The molecule has 1 saturated heterocycles. The highest BCUT2D eigenvalue weighted by molar-refractivity contribution is 7.80. The van der Waals surface area contributed by atoms with E-state index in [4.69, 9.17) is 17.2 Å². The lowest BCUT2D eigenvalue weighted by molar-refractivity contribution is 0.355. The van der Waals surface area contributed by atoms with Crippen LogP contribution in [0, 0.1) is 25.7 Å². The minimum atomic E-state index is 0.535. The van der Waals surface area contributed by atoms with Gasteiger partial charge < -0.3 is 15.5 Å². The number of hydrogen-bond donors (Lipinski definition) is 2. The number of rotatable bonds is 4. The molecule has 1 aromatic heterocycles. The van der Waals surface area contributed by atoms with Crippen LogP contribution in [0.25, 0.3) is 0 Å². The average molecular weight is 384 g/mol. The van der Waals surface area contributed by atoms with Gasteiger partial charge in [-0.05, 0) is 49.9 Å². The molecule has 2 heterocycles. The van der Waals surface area contributed by atoms with E-state index in [-0.39, 0.29) is 0 Å². The van der Waals surface area contributed by atoms with E-state index in [0.717, 1.165) is 24.6 Å². The normalized spacial score (nSPS) is 19.6. The lowest BCUT2D eigenvalue weighted by Gasteiger charge is -2.36. The maximum Gasteiger partial charge on any atom is 0.231 e. The van der Waals surface area contributed by atoms with Crippen molar-refractivity contribution < 1.29 is 0 Å². The van der Waals surface area contributed by atoms with Crippen LogP contribution < -0.4 is 15.5 Å². The van der Waals surface area contributed by atoms with Gasteiger partial charge in [-0.15, -0.1) is 0 Å². The molecule has 0 amide bonds. The summed E-state index contributed by atoms with van der Waals surface area (Å²) in [5.74, 6) is 2.89. The maximum atomic E-state index is 5.43. The van der Waals surface area contributed by atoms with Crippen LogP contribution in [0.2, 0.25) is 0 Å². The van der Waals surface area contributed by atoms with Crippen LogP contribution in [0.3, 0.4) is 0 Å². The first-order chi connectivity index (χ1) is 12.9. The Morgan fingerprint density at radius 3 is 2.44 bits per heavy atom. The molecule has 0 saturated carbocycles. The quantitative estimate of drug-likeness (QED) is 0.777. The Bertz CT molecular complexity index is 780. The molecule has 6 heteroatoms. The first-order valence-electron chi connectivity index (χ1n) is 9.60. The zero-order chi connectivity index (χ0) is 19.4. The van der Waals surface area contributed by atoms with E-state index in [0.29, 0.717) is 29.4 Å². The number of aromatic nitrogens is 2. The molecule has 0 spiro atoms. The molecule has 27 heavy (non-hydrogen) atoms. The second kappa shape index (κ2) is 8.65. The number of benzene rings is 1. The van der Waals surface area contributed by atoms with Crippen molar-refractivity contribution in [2.24, 2.45) is 11.8 Å². The molecule has 2 atom stereocenters. The predicted octanol–water partition coefficient (Wildman–Crippen LogP) is 4.06. The molecule has 1 fully saturated rings. The summed E-state index contributed by atoms with van der Waals surface area (Å²) in [7, 11) is 0. The molecule has 0 bridgehead atoms. The first kappa shape index (κ1) is 19.5. The van der Waals surface area contributed by atoms with E-state index in [1.165, 1.54) is 17.5 Å². The molecule has 5 nitrogen and oxygen atoms in total. The number of thiocarbonyl (C=S) groups is 1. The number of nitrogens with zero attached hydrogens (tertiary/aromatic N) is 3. The second-order valence-electron chi connectivity index (χ2n) is 7.84. The Balaban J connectivity index is 1.63. The fourth-order valence-corrected chi connectivity index (χ4v) is 3.82. The molecule has 1 aromatic carbocycles. The summed E-state index contributed by atoms with van der Waals surface area (Å²) >= 11 is 5.43. The van der Waals surface area contributed by atoms with E-state index < -0.39 is 0 Å². The van der Waals surface area contributed by atoms with Gasteiger partial charge in [0.15, 0.2) is 5.11 Å². The van der Waals surface area contributed by atoms with Crippen LogP contribution in [0.4, 0.5) is 11.8 Å². The number of aryl methyl sites for hydroxylation is 2. The molecule has 2 aromatic rings. The molecule has 2 N–H and O–H groups in total. The molecule has 0 aliphatic carbocycles. The Kier molecular flexibility index (Phi) is 6.26. The maximum absolute atomic E-state index is 5.43. The summed E-state index contributed by atoms with van der Waals surface area (Å²) in [6.07, 6.45) is 1.28. The summed E-state index contributed by atoms with van der Waals surface area (Å²) < 4.78 is 0. The second-order valence-corrected chi connectivity index (χ2v) is 8.24. The Morgan fingerprint density at radius 1 is 1.11 bits per heavy atom. The van der Waals surface area contributed by atoms with Crippen molar-refractivity contribution in [3.05, 3.63) is 47.2 Å². The van der Waals surface area contributed by atoms with Gasteiger partial charge in [-0.3, -0.25) is 0 Å². The highest BCUT2D eigenvalue weighted by Gasteiger charge is 2.23. The summed E-state index contributed by atoms with van der Waals surface area (Å²) in [5, 5.41) is 6.90. The number of piperidine rings is 1. The minimum Gasteiger partial charge on any atom is -0.358 e. The van der Waals surface area contributed by atoms with Crippen LogP contribution in [0.1, 0.15) is 37.1 Å². The summed E-state index contributed by atoms with van der Waals surface area (Å²) in [6, 6.07) is 10.5. The molecule has 144 valence electrons. The predicted molar refractivity (Wildman–Crippen MR) is 116 cm³/mol. The topological polar surface area (TPSA) is 53.1 Å². The van der Waals surface area contributed by atoms with E-state index in [9.17, 15) is 0 Å². The van der Waals surface area contributed by atoms with Crippen LogP contribution in [0.5, 0.6) is 0 Å². The van der Waals surface area contributed by atoms with Crippen LogP contribution >= 0.6 is 12.2 Å². The molecule has 1 aliphatic rings. The number of anilines is 2. The van der Waals surface area contributed by atoms with Gasteiger partial charge in [0.2, 0.25) is 5.95 Å². The van der Waals surface area contributed by atoms with E-state index in [2.05, 4.69) is 71.6 Å². The minimum absolute atomic E-state index is 0.535. The van der Waals surface area contributed by atoms with Crippen molar-refractivity contribution in [2.45, 2.75) is 40.7 Å². The lowest BCUT2D eigenvalue weighted by Crippen LogP contribution is -2.39. The summed E-state index contributed by atoms with van der Waals surface area (Å²) in [4.78, 5) is 11.6. The smallest absolute Gasteiger partial charge is 0.231 e. The molecule has 0 unspecified atom stereocenters. The van der Waals surface area contributed by atoms with Gasteiger partial charge in [0.05, 0.1) is 0 Å². The van der Waals surface area contributed by atoms with E-state index in [1.807, 2.05) is 6.92 Å². The number of nitrogens with one attached hydrogen (secondary N) is 2. The van der Waals surface area contributed by atoms with Crippen molar-refractivity contribution in [3.8, 4) is 0 Å². The van der Waals surface area contributed by atoms with Crippen molar-refractivity contribution in [1.29, 1.82) is 0 Å². The van der Waals surface area contributed by atoms with Gasteiger partial charge in [0, 0.05) is 31.4 Å². The van der Waals surface area contributed by atoms with E-state index >= 15 is 0 Å². The van der Waals surface area contributed by atoms with Crippen molar-refractivity contribution in [1.82, 2.24) is 15.3 Å². The first-order valence-corrected chi connectivity index (χ1v) is 10.0. The van der Waals surface area contributed by atoms with E-state index in [1.54, 1.807) is 0 Å². The van der Waals surface area contributed by atoms with Gasteiger partial charge in [0.1, 0.15) is 5.82 Å². The summed E-state index contributed by atoms with van der Waals surface area (Å²) in [5.41, 5.74) is 3.38. The third kappa shape index (κ3) is 5.63. The number of hydrogen-bond acceptors (Lipinski definition) is 4. The third-order valence-electron chi connectivity index (χ3n) is 4.83. The van der Waals surface area contributed by atoms with Crippen LogP contribution in [-0.4, -0.2) is 28.2 Å². The Labute approximate surface area is 167 Å². The fourth-order valence-electron chi connectivity index (χ4n) is 3.65. The Hall–Kier alpha value is -2.21. The monoisotopic (exact) mass is 383 g/mol. The van der Waals surface area contributed by atoms with Crippen LogP contribution in [-0.2, 0) is 6.54 Å². The SMILES string of the molecule is Cc1ccc(CNC(=S)Nc2nc(C)cc(N3C[C@H](C)C[C@H](C)C3)n2)cc1. The van der Waals surface area contributed by atoms with Crippen molar-refractivity contribution >= 4 is 29.1 Å². The van der Waals surface area contributed by atoms with Crippen LogP contribution in [0.15, 0.2) is 30.3 Å². The van der Waals surface area contributed by atoms with Gasteiger partial charge in [-0.2, -0.15) is 4.98 Å². The van der Waals surface area contributed by atoms with Gasteiger partial charge >= 0.3 is 0 Å². The van der Waals surface area contributed by atoms with Gasteiger partial charge in [-0.1, -0.05) is 43.7 Å². The lowest BCUT2D eigenvalue weighted by atomic mass is 9.92. The Morgan fingerprint density at radius 2 is 1.78 bits per heavy atom. The highest BCUT2D eigenvalue weighted by atomic mass is 32.1.